The third-order valence-electron chi connectivity index (χ3n) is 7.29. The number of amidine groups is 1. The minimum atomic E-state index is -3.92. The molecule has 1 unspecified atom stereocenters. The van der Waals surface area contributed by atoms with Gasteiger partial charge in [-0.15, -0.1) is 4.40 Å². The summed E-state index contributed by atoms with van der Waals surface area (Å²) in [6.45, 7) is 14.7. The summed E-state index contributed by atoms with van der Waals surface area (Å²) < 4.78 is 58.8. The fourth-order valence-corrected chi connectivity index (χ4v) is 6.92. The summed E-state index contributed by atoms with van der Waals surface area (Å²) in [7, 11) is -5.94. The lowest BCUT2D eigenvalue weighted by Crippen LogP contribution is -2.53. The molecule has 0 aromatic heterocycles. The number of nitrogens with one attached hydrogen (secondary N) is 1. The fraction of sp³-hybridized carbons (Fsp3) is 0.519. The number of hydrogen-bond acceptors (Lipinski definition) is 5. The second kappa shape index (κ2) is 11.2. The van der Waals surface area contributed by atoms with E-state index in [0.29, 0.717) is 18.6 Å². The Bertz CT molecular complexity index is 1230. The predicted octanol–water partition coefficient (Wildman–Crippen LogP) is 6.74. The highest BCUT2D eigenvalue weighted by Gasteiger charge is 2.46. The van der Waals surface area contributed by atoms with Gasteiger partial charge in [0.15, 0.2) is 8.32 Å². The SMILES string of the molecule is CC1(C)OC(N[C@@H](CCO[Si](C)(C)C(C)(C)C)c2ccccc2F)=NS(=O)(=O)C1Cc1ccc(Br)cc1. The van der Waals surface area contributed by atoms with Gasteiger partial charge >= 0.3 is 6.02 Å². The van der Waals surface area contributed by atoms with Crippen molar-refractivity contribution in [3.63, 3.8) is 0 Å². The van der Waals surface area contributed by atoms with Crippen molar-refractivity contribution in [1.29, 1.82) is 0 Å². The maximum atomic E-state index is 14.8. The number of halogens is 2. The minimum Gasteiger partial charge on any atom is -0.457 e. The Balaban J connectivity index is 1.85. The van der Waals surface area contributed by atoms with E-state index in [1.807, 2.05) is 24.3 Å². The first kappa shape index (κ1) is 29.8. The molecule has 0 spiro atoms. The first-order valence-electron chi connectivity index (χ1n) is 12.4. The highest BCUT2D eigenvalue weighted by atomic mass is 79.9. The minimum absolute atomic E-state index is 0.0342. The average molecular weight is 614 g/mol. The molecular formula is C27H38BrFN2O4SSi. The molecule has 6 nitrogen and oxygen atoms in total. The largest absolute Gasteiger partial charge is 0.457 e. The van der Waals surface area contributed by atoms with Crippen LogP contribution in [0, 0.1) is 5.82 Å². The molecule has 2 atom stereocenters. The zero-order chi connectivity index (χ0) is 27.6. The lowest BCUT2D eigenvalue weighted by Gasteiger charge is -2.38. The second-order valence-electron chi connectivity index (χ2n) is 11.6. The van der Waals surface area contributed by atoms with E-state index in [9.17, 15) is 12.8 Å². The Morgan fingerprint density at radius 3 is 2.35 bits per heavy atom. The van der Waals surface area contributed by atoms with E-state index < -0.39 is 35.2 Å². The highest BCUT2D eigenvalue weighted by Crippen LogP contribution is 2.37. The van der Waals surface area contributed by atoms with E-state index >= 15 is 0 Å². The molecule has 37 heavy (non-hydrogen) atoms. The van der Waals surface area contributed by atoms with Gasteiger partial charge in [-0.1, -0.05) is 67.0 Å². The Morgan fingerprint density at radius 2 is 1.78 bits per heavy atom. The second-order valence-corrected chi connectivity index (χ2v) is 19.1. The van der Waals surface area contributed by atoms with Crippen LogP contribution in [-0.4, -0.2) is 40.2 Å². The molecule has 2 aromatic carbocycles. The molecule has 0 bridgehead atoms. The first-order valence-corrected chi connectivity index (χ1v) is 17.6. The van der Waals surface area contributed by atoms with E-state index in [0.717, 1.165) is 10.0 Å². The topological polar surface area (TPSA) is 77.0 Å². The number of benzene rings is 2. The molecule has 2 aromatic rings. The molecule has 0 amide bonds. The van der Waals surface area contributed by atoms with E-state index in [1.54, 1.807) is 32.0 Å². The van der Waals surface area contributed by atoms with Crippen molar-refractivity contribution >= 4 is 40.3 Å². The molecule has 0 fully saturated rings. The van der Waals surface area contributed by atoms with Crippen LogP contribution in [0.25, 0.3) is 0 Å². The van der Waals surface area contributed by atoms with Crippen LogP contribution in [0.4, 0.5) is 4.39 Å². The van der Waals surface area contributed by atoms with Crippen LogP contribution in [-0.2, 0) is 25.6 Å². The van der Waals surface area contributed by atoms with Crippen LogP contribution in [0.15, 0.2) is 57.4 Å². The van der Waals surface area contributed by atoms with E-state index in [2.05, 4.69) is 59.5 Å². The molecule has 3 rings (SSSR count). The van der Waals surface area contributed by atoms with Crippen LogP contribution in [0.3, 0.4) is 0 Å². The summed E-state index contributed by atoms with van der Waals surface area (Å²) in [5, 5.41) is 2.24. The Kier molecular flexibility index (Phi) is 8.99. The third kappa shape index (κ3) is 7.43. The quantitative estimate of drug-likeness (QED) is 0.334. The van der Waals surface area contributed by atoms with Crippen molar-refractivity contribution < 1.29 is 22.0 Å². The lowest BCUT2D eigenvalue weighted by atomic mass is 9.97. The van der Waals surface area contributed by atoms with Gasteiger partial charge in [0.2, 0.25) is 0 Å². The van der Waals surface area contributed by atoms with Crippen molar-refractivity contribution in [3.8, 4) is 0 Å². The molecule has 1 aliphatic rings. The summed E-state index contributed by atoms with van der Waals surface area (Å²) in [6.07, 6.45) is 0.676. The summed E-state index contributed by atoms with van der Waals surface area (Å²) in [5.41, 5.74) is 0.208. The normalized spacial score (nSPS) is 20.0. The molecule has 1 N–H and O–H groups in total. The summed E-state index contributed by atoms with van der Waals surface area (Å²) in [6, 6.07) is 13.2. The van der Waals surface area contributed by atoms with E-state index in [-0.39, 0.29) is 23.3 Å². The first-order chi connectivity index (χ1) is 17.0. The van der Waals surface area contributed by atoms with Gasteiger partial charge < -0.3 is 14.5 Å². The third-order valence-corrected chi connectivity index (χ3v) is 14.2. The maximum absolute atomic E-state index is 14.8. The number of rotatable bonds is 8. The molecule has 0 aliphatic carbocycles. The molecule has 1 heterocycles. The highest BCUT2D eigenvalue weighted by molar-refractivity contribution is 9.10. The van der Waals surface area contributed by atoms with Gasteiger partial charge in [-0.3, -0.25) is 0 Å². The molecule has 0 saturated heterocycles. The molecule has 10 heteroatoms. The zero-order valence-corrected chi connectivity index (χ0v) is 26.0. The van der Waals surface area contributed by atoms with E-state index in [4.69, 9.17) is 9.16 Å². The Morgan fingerprint density at radius 1 is 1.16 bits per heavy atom. The van der Waals surface area contributed by atoms with Crippen molar-refractivity contribution in [2.45, 2.75) is 82.5 Å². The Hall–Kier alpha value is -1.75. The van der Waals surface area contributed by atoms with Gasteiger partial charge in [-0.05, 0) is 68.6 Å². The number of hydrogen-bond donors (Lipinski definition) is 1. The van der Waals surface area contributed by atoms with Crippen LogP contribution in [0.5, 0.6) is 0 Å². The fourth-order valence-electron chi connectivity index (χ4n) is 3.97. The standard InChI is InChI=1S/C27H38BrFN2O4SSi/c1-26(2,3)37(6,7)34-17-16-23(21-10-8-9-11-22(21)29)30-25-31-36(32,33)24(27(4,5)35-25)18-19-12-14-20(28)15-13-19/h8-15,23-24H,16-18H2,1-7H3,(H,30,31)/t23-,24?/m0/s1. The van der Waals surface area contributed by atoms with Gasteiger partial charge in [0, 0.05) is 16.6 Å². The number of sulfonamides is 1. The van der Waals surface area contributed by atoms with Crippen molar-refractivity contribution in [1.82, 2.24) is 5.32 Å². The summed E-state index contributed by atoms with van der Waals surface area (Å²) in [4.78, 5) is 0. The molecule has 204 valence electrons. The smallest absolute Gasteiger partial charge is 0.301 e. The van der Waals surface area contributed by atoms with Crippen LogP contribution in [0.1, 0.15) is 58.2 Å². The average Bonchev–Trinajstić information content (AvgIpc) is 2.76. The molecule has 0 saturated carbocycles. The van der Waals surface area contributed by atoms with Gasteiger partial charge in [0.1, 0.15) is 16.7 Å². The van der Waals surface area contributed by atoms with Crippen LogP contribution in [0.2, 0.25) is 18.1 Å². The van der Waals surface area contributed by atoms with Gasteiger partial charge in [-0.25, -0.2) is 12.8 Å². The Labute approximate surface area is 230 Å². The van der Waals surface area contributed by atoms with Crippen molar-refractivity contribution in [2.75, 3.05) is 6.61 Å². The van der Waals surface area contributed by atoms with E-state index in [1.165, 1.54) is 6.07 Å². The number of ether oxygens (including phenoxy) is 1. The number of nitrogens with zero attached hydrogens (tertiary/aromatic N) is 1. The summed E-state index contributed by atoms with van der Waals surface area (Å²) in [5.74, 6) is -0.390. The predicted molar refractivity (Wildman–Crippen MR) is 153 cm³/mol. The van der Waals surface area contributed by atoms with Crippen molar-refractivity contribution in [3.05, 3.63) is 69.9 Å². The summed E-state index contributed by atoms with van der Waals surface area (Å²) >= 11 is 3.40. The zero-order valence-electron chi connectivity index (χ0n) is 22.6. The maximum Gasteiger partial charge on any atom is 0.301 e. The van der Waals surface area contributed by atoms with Crippen LogP contribution >= 0.6 is 15.9 Å². The van der Waals surface area contributed by atoms with Crippen molar-refractivity contribution in [2.24, 2.45) is 4.40 Å². The van der Waals surface area contributed by atoms with Crippen LogP contribution < -0.4 is 5.32 Å². The van der Waals surface area contributed by atoms with Gasteiger partial charge in [-0.2, -0.15) is 0 Å². The molecule has 1 aliphatic heterocycles. The molecular weight excluding hydrogens is 575 g/mol. The van der Waals surface area contributed by atoms with Gasteiger partial charge in [0.25, 0.3) is 10.0 Å². The monoisotopic (exact) mass is 612 g/mol. The molecule has 0 radical (unpaired) electrons. The van der Waals surface area contributed by atoms with Gasteiger partial charge in [0.05, 0.1) is 6.04 Å². The lowest BCUT2D eigenvalue weighted by molar-refractivity contribution is 0.0760.